The Balaban J connectivity index is 1.85. The van der Waals surface area contributed by atoms with E-state index in [1.54, 1.807) is 0 Å². The summed E-state index contributed by atoms with van der Waals surface area (Å²) < 4.78 is 15.8. The summed E-state index contributed by atoms with van der Waals surface area (Å²) in [6.07, 6.45) is -0.181. The molecule has 3 rings (SSSR count). The molecule has 5 unspecified atom stereocenters. The highest BCUT2D eigenvalue weighted by Gasteiger charge is 2.59. The van der Waals surface area contributed by atoms with Gasteiger partial charge < -0.3 is 19.2 Å². The number of carboxylic acids is 1. The van der Waals surface area contributed by atoms with E-state index in [1.165, 1.54) is 7.69 Å². The smallest absolute Gasteiger partial charge is 0.481 e. The zero-order chi connectivity index (χ0) is 9.00. The van der Waals surface area contributed by atoms with Gasteiger partial charge in [0.05, 0.1) is 30.3 Å². The summed E-state index contributed by atoms with van der Waals surface area (Å²) in [4.78, 5) is 10.8. The van der Waals surface area contributed by atoms with Crippen molar-refractivity contribution in [3.05, 3.63) is 0 Å². The van der Waals surface area contributed by atoms with Gasteiger partial charge in [0, 0.05) is 0 Å². The van der Waals surface area contributed by atoms with E-state index in [9.17, 15) is 4.79 Å². The number of rotatable bonds is 1. The number of aliphatic carboxylic acids is 1. The first-order chi connectivity index (χ1) is 6.27. The minimum atomic E-state index is -0.804. The highest BCUT2D eigenvalue weighted by atomic mass is 16.7. The monoisotopic (exact) mass is 183 g/mol. The third-order valence-corrected chi connectivity index (χ3v) is 2.97. The van der Waals surface area contributed by atoms with Gasteiger partial charge in [0.15, 0.2) is 0 Å². The van der Waals surface area contributed by atoms with E-state index >= 15 is 0 Å². The van der Waals surface area contributed by atoms with E-state index in [1.807, 2.05) is 0 Å². The molecule has 3 aliphatic rings. The second-order valence-electron chi connectivity index (χ2n) is 3.62. The van der Waals surface area contributed by atoms with E-state index in [0.29, 0.717) is 6.42 Å². The predicted molar refractivity (Wildman–Crippen MR) is 39.9 cm³/mol. The van der Waals surface area contributed by atoms with Crippen LogP contribution in [0.3, 0.4) is 0 Å². The zero-order valence-corrected chi connectivity index (χ0v) is 6.75. The first kappa shape index (κ1) is 7.79. The molecule has 0 aromatic heterocycles. The Morgan fingerprint density at radius 3 is 2.85 bits per heavy atom. The Labute approximate surface area is 75.3 Å². The number of hydrogen-bond donors (Lipinski definition) is 1. The highest BCUT2D eigenvalue weighted by Crippen LogP contribution is 2.43. The van der Waals surface area contributed by atoms with Crippen LogP contribution in [-0.2, 0) is 18.8 Å². The molecule has 6 heteroatoms. The van der Waals surface area contributed by atoms with E-state index in [2.05, 4.69) is 0 Å². The summed E-state index contributed by atoms with van der Waals surface area (Å²) in [7, 11) is 1.29. The van der Waals surface area contributed by atoms with Gasteiger partial charge in [-0.05, 0) is 6.42 Å². The molecular weight excluding hydrogens is 175 g/mol. The van der Waals surface area contributed by atoms with Crippen molar-refractivity contribution in [2.45, 2.75) is 30.8 Å². The number of ether oxygens (including phenoxy) is 1. The van der Waals surface area contributed by atoms with Crippen molar-refractivity contribution in [2.24, 2.45) is 5.92 Å². The minimum Gasteiger partial charge on any atom is -0.481 e. The van der Waals surface area contributed by atoms with Gasteiger partial charge in [-0.15, -0.1) is 0 Å². The summed E-state index contributed by atoms with van der Waals surface area (Å²) in [5.74, 6) is -1.23. The fourth-order valence-electron chi connectivity index (χ4n) is 2.37. The maximum atomic E-state index is 10.8. The lowest BCUT2D eigenvalue weighted by atomic mass is 9.85. The molecule has 2 bridgehead atoms. The third kappa shape index (κ3) is 0.906. The van der Waals surface area contributed by atoms with Gasteiger partial charge in [-0.1, -0.05) is 0 Å². The lowest BCUT2D eigenvalue weighted by Crippen LogP contribution is -2.42. The molecule has 0 aliphatic carbocycles. The van der Waals surface area contributed by atoms with E-state index in [4.69, 9.17) is 19.2 Å². The molecular formula is C7H8BO5. The van der Waals surface area contributed by atoms with Crippen molar-refractivity contribution in [3.8, 4) is 0 Å². The van der Waals surface area contributed by atoms with Crippen molar-refractivity contribution in [2.75, 3.05) is 0 Å². The van der Waals surface area contributed by atoms with Crippen LogP contribution in [0.4, 0.5) is 0 Å². The van der Waals surface area contributed by atoms with Gasteiger partial charge in [0.25, 0.3) is 0 Å². The van der Waals surface area contributed by atoms with Crippen LogP contribution < -0.4 is 0 Å². The summed E-state index contributed by atoms with van der Waals surface area (Å²) in [6.45, 7) is 0. The molecule has 3 saturated heterocycles. The van der Waals surface area contributed by atoms with Crippen molar-refractivity contribution in [3.63, 3.8) is 0 Å². The molecule has 13 heavy (non-hydrogen) atoms. The minimum absolute atomic E-state index is 0.0828. The van der Waals surface area contributed by atoms with E-state index in [0.717, 1.165) is 0 Å². The normalized spacial score (nSPS) is 51.8. The quantitative estimate of drug-likeness (QED) is 0.537. The highest BCUT2D eigenvalue weighted by molar-refractivity contribution is 6.19. The van der Waals surface area contributed by atoms with Crippen LogP contribution in [0, 0.1) is 5.92 Å². The Morgan fingerprint density at radius 2 is 2.08 bits per heavy atom. The standard InChI is InChI=1S/C7H8BO5/c9-7(10)2-1-3-5-6(4(2)11-3)13-8-12-5/h2-6H,1H2,(H,9,10). The average molecular weight is 183 g/mol. The van der Waals surface area contributed by atoms with Crippen LogP contribution >= 0.6 is 0 Å². The van der Waals surface area contributed by atoms with Crippen LogP contribution in [0.25, 0.3) is 0 Å². The Kier molecular flexibility index (Phi) is 1.48. The first-order valence-electron chi connectivity index (χ1n) is 4.28. The van der Waals surface area contributed by atoms with Crippen molar-refractivity contribution in [1.82, 2.24) is 0 Å². The molecule has 1 radical (unpaired) electrons. The number of carbonyl (C=O) groups is 1. The maximum absolute atomic E-state index is 10.8. The molecule has 0 amide bonds. The van der Waals surface area contributed by atoms with Crippen LogP contribution in [0.2, 0.25) is 0 Å². The molecule has 3 fully saturated rings. The molecule has 0 spiro atoms. The van der Waals surface area contributed by atoms with E-state index in [-0.39, 0.29) is 24.4 Å². The van der Waals surface area contributed by atoms with Crippen LogP contribution in [0.15, 0.2) is 0 Å². The van der Waals surface area contributed by atoms with Gasteiger partial charge in [0.1, 0.15) is 0 Å². The molecule has 0 aromatic rings. The van der Waals surface area contributed by atoms with Gasteiger partial charge in [-0.2, -0.15) is 0 Å². The molecule has 3 aliphatic heterocycles. The molecule has 0 saturated carbocycles. The molecule has 69 valence electrons. The zero-order valence-electron chi connectivity index (χ0n) is 6.75. The van der Waals surface area contributed by atoms with Crippen LogP contribution in [0.1, 0.15) is 6.42 Å². The summed E-state index contributed by atoms with van der Waals surface area (Å²) >= 11 is 0. The summed E-state index contributed by atoms with van der Waals surface area (Å²) in [5, 5.41) is 8.87. The number of carboxylic acid groups (broad SMARTS) is 1. The summed E-state index contributed by atoms with van der Waals surface area (Å²) in [6, 6.07) is 0. The molecule has 5 atom stereocenters. The maximum Gasteiger partial charge on any atom is 0.488 e. The van der Waals surface area contributed by atoms with Crippen LogP contribution in [0.5, 0.6) is 0 Å². The van der Waals surface area contributed by atoms with E-state index < -0.39 is 11.9 Å². The fourth-order valence-corrected chi connectivity index (χ4v) is 2.37. The first-order valence-corrected chi connectivity index (χ1v) is 4.28. The molecule has 5 nitrogen and oxygen atoms in total. The second-order valence-corrected chi connectivity index (χ2v) is 3.62. The lowest BCUT2D eigenvalue weighted by Gasteiger charge is -2.23. The van der Waals surface area contributed by atoms with Crippen LogP contribution in [-0.4, -0.2) is 43.2 Å². The third-order valence-electron chi connectivity index (χ3n) is 2.97. The number of fused-ring (bicyclic) bond motifs is 5. The SMILES string of the molecule is O=C(O)C1CC2OC1C1O[B]OC21. The largest absolute Gasteiger partial charge is 0.488 e. The Bertz CT molecular complexity index is 257. The predicted octanol–water partition coefficient (Wildman–Crippen LogP) is -0.824. The summed E-state index contributed by atoms with van der Waals surface area (Å²) in [5.41, 5.74) is 0. The topological polar surface area (TPSA) is 65.0 Å². The average Bonchev–Trinajstić information content (AvgIpc) is 2.75. The molecule has 0 aromatic carbocycles. The van der Waals surface area contributed by atoms with Gasteiger partial charge in [-0.25, -0.2) is 0 Å². The van der Waals surface area contributed by atoms with Gasteiger partial charge in [-0.3, -0.25) is 4.79 Å². The van der Waals surface area contributed by atoms with Gasteiger partial charge in [0.2, 0.25) is 0 Å². The van der Waals surface area contributed by atoms with Crippen molar-refractivity contribution < 1.29 is 23.9 Å². The molecule has 1 N–H and O–H groups in total. The van der Waals surface area contributed by atoms with Crippen molar-refractivity contribution in [1.29, 1.82) is 0 Å². The Hall–Kier alpha value is -0.585. The number of hydrogen-bond acceptors (Lipinski definition) is 4. The van der Waals surface area contributed by atoms with Crippen molar-refractivity contribution >= 4 is 13.7 Å². The lowest BCUT2D eigenvalue weighted by molar-refractivity contribution is -0.144. The Morgan fingerprint density at radius 1 is 1.31 bits per heavy atom. The second kappa shape index (κ2) is 2.46. The fraction of sp³-hybridized carbons (Fsp3) is 0.857. The molecule has 3 heterocycles. The van der Waals surface area contributed by atoms with Gasteiger partial charge >= 0.3 is 13.7 Å².